The van der Waals surface area contributed by atoms with Crippen molar-refractivity contribution < 1.29 is 13.9 Å². The van der Waals surface area contributed by atoms with Crippen LogP contribution in [0.4, 0.5) is 4.39 Å². The second-order valence-electron chi connectivity index (χ2n) is 4.68. The van der Waals surface area contributed by atoms with Gasteiger partial charge in [-0.2, -0.15) is 0 Å². The van der Waals surface area contributed by atoms with Crippen molar-refractivity contribution in [2.45, 2.75) is 39.3 Å². The maximum Gasteiger partial charge on any atom is 0.127 e. The fourth-order valence-corrected chi connectivity index (χ4v) is 1.90. The topological polar surface area (TPSA) is 30.5 Å². The van der Waals surface area contributed by atoms with Gasteiger partial charge < -0.3 is 14.8 Å². The molecular weight excluding hydrogens is 245 g/mol. The number of rotatable bonds is 9. The number of benzene rings is 1. The lowest BCUT2D eigenvalue weighted by molar-refractivity contribution is 0.199. The van der Waals surface area contributed by atoms with Crippen molar-refractivity contribution >= 4 is 0 Å². The van der Waals surface area contributed by atoms with Crippen LogP contribution in [0, 0.1) is 5.82 Å². The van der Waals surface area contributed by atoms with E-state index in [1.165, 1.54) is 12.1 Å². The number of nitrogens with one attached hydrogen (secondary N) is 1. The third-order valence-corrected chi connectivity index (χ3v) is 2.78. The molecule has 0 radical (unpaired) electrons. The minimum absolute atomic E-state index is 0.112. The standard InChI is InChI=1S/C15H24FNO2/c1-4-5-12(2)19-15-9-13(8-14(16)10-15)11-17-6-7-18-3/h8-10,12,17H,4-7,11H2,1-3H3. The van der Waals surface area contributed by atoms with Gasteiger partial charge in [0.05, 0.1) is 12.7 Å². The molecule has 0 aliphatic carbocycles. The molecule has 1 rings (SSSR count). The van der Waals surface area contributed by atoms with Gasteiger partial charge in [0, 0.05) is 26.3 Å². The SMILES string of the molecule is CCCC(C)Oc1cc(F)cc(CNCCOC)c1. The van der Waals surface area contributed by atoms with Crippen LogP contribution in [0.1, 0.15) is 32.3 Å². The molecule has 0 aliphatic rings. The van der Waals surface area contributed by atoms with E-state index < -0.39 is 0 Å². The fourth-order valence-electron chi connectivity index (χ4n) is 1.90. The Labute approximate surface area is 115 Å². The molecular formula is C15H24FNO2. The Kier molecular flexibility index (Phi) is 7.45. The Morgan fingerprint density at radius 3 is 2.79 bits per heavy atom. The summed E-state index contributed by atoms with van der Waals surface area (Å²) in [6.45, 7) is 6.11. The van der Waals surface area contributed by atoms with E-state index in [2.05, 4.69) is 12.2 Å². The molecule has 0 aromatic heterocycles. The van der Waals surface area contributed by atoms with Crippen LogP contribution in [0.15, 0.2) is 18.2 Å². The van der Waals surface area contributed by atoms with Gasteiger partial charge in [-0.3, -0.25) is 0 Å². The minimum atomic E-state index is -0.260. The van der Waals surface area contributed by atoms with Gasteiger partial charge in [-0.25, -0.2) is 4.39 Å². The van der Waals surface area contributed by atoms with Crippen molar-refractivity contribution in [1.29, 1.82) is 0 Å². The summed E-state index contributed by atoms with van der Waals surface area (Å²) in [5, 5.41) is 3.19. The first-order valence-electron chi connectivity index (χ1n) is 6.81. The van der Waals surface area contributed by atoms with Gasteiger partial charge in [-0.1, -0.05) is 13.3 Å². The lowest BCUT2D eigenvalue weighted by Gasteiger charge is -2.15. The highest BCUT2D eigenvalue weighted by atomic mass is 19.1. The molecule has 3 nitrogen and oxygen atoms in total. The van der Waals surface area contributed by atoms with Gasteiger partial charge in [0.25, 0.3) is 0 Å². The molecule has 0 saturated heterocycles. The summed E-state index contributed by atoms with van der Waals surface area (Å²) in [4.78, 5) is 0. The third kappa shape index (κ3) is 6.55. The summed E-state index contributed by atoms with van der Waals surface area (Å²) in [6.07, 6.45) is 2.14. The summed E-state index contributed by atoms with van der Waals surface area (Å²) >= 11 is 0. The van der Waals surface area contributed by atoms with Crippen LogP contribution in [0.25, 0.3) is 0 Å². The maximum absolute atomic E-state index is 13.5. The van der Waals surface area contributed by atoms with Crippen LogP contribution in [-0.2, 0) is 11.3 Å². The normalized spacial score (nSPS) is 12.4. The van der Waals surface area contributed by atoms with Crippen LogP contribution in [-0.4, -0.2) is 26.4 Å². The zero-order valence-electron chi connectivity index (χ0n) is 12.0. The van der Waals surface area contributed by atoms with Crippen LogP contribution >= 0.6 is 0 Å². The van der Waals surface area contributed by atoms with Crippen LogP contribution in [0.3, 0.4) is 0 Å². The van der Waals surface area contributed by atoms with E-state index in [0.717, 1.165) is 24.9 Å². The Morgan fingerprint density at radius 1 is 1.32 bits per heavy atom. The van der Waals surface area contributed by atoms with Crippen LogP contribution in [0.2, 0.25) is 0 Å². The number of halogens is 1. The van der Waals surface area contributed by atoms with Crippen molar-refractivity contribution in [3.63, 3.8) is 0 Å². The highest BCUT2D eigenvalue weighted by Gasteiger charge is 2.06. The second-order valence-corrected chi connectivity index (χ2v) is 4.68. The van der Waals surface area contributed by atoms with E-state index in [1.54, 1.807) is 7.11 Å². The van der Waals surface area contributed by atoms with E-state index in [9.17, 15) is 4.39 Å². The smallest absolute Gasteiger partial charge is 0.127 e. The summed E-state index contributed by atoms with van der Waals surface area (Å²) in [5.74, 6) is 0.342. The maximum atomic E-state index is 13.5. The predicted molar refractivity (Wildman–Crippen MR) is 75.0 cm³/mol. The molecule has 0 aliphatic heterocycles. The molecule has 1 unspecified atom stereocenters. The molecule has 0 bridgehead atoms. The second kappa shape index (κ2) is 8.88. The first-order chi connectivity index (χ1) is 9.15. The zero-order chi connectivity index (χ0) is 14.1. The molecule has 0 amide bonds. The summed E-state index contributed by atoms with van der Waals surface area (Å²) in [7, 11) is 1.66. The summed E-state index contributed by atoms with van der Waals surface area (Å²) < 4.78 is 24.2. The van der Waals surface area contributed by atoms with Gasteiger partial charge >= 0.3 is 0 Å². The van der Waals surface area contributed by atoms with Gasteiger partial charge in [0.15, 0.2) is 0 Å². The van der Waals surface area contributed by atoms with Crippen molar-refractivity contribution in [2.24, 2.45) is 0 Å². The van der Waals surface area contributed by atoms with E-state index in [-0.39, 0.29) is 11.9 Å². The number of ether oxygens (including phenoxy) is 2. The Morgan fingerprint density at radius 2 is 2.11 bits per heavy atom. The monoisotopic (exact) mass is 269 g/mol. The van der Waals surface area contributed by atoms with E-state index in [4.69, 9.17) is 9.47 Å². The van der Waals surface area contributed by atoms with Gasteiger partial charge in [-0.05, 0) is 31.0 Å². The number of hydrogen-bond acceptors (Lipinski definition) is 3. The molecule has 0 fully saturated rings. The summed E-state index contributed by atoms with van der Waals surface area (Å²) in [6, 6.07) is 4.84. The predicted octanol–water partition coefficient (Wildman–Crippen LogP) is 3.13. The molecule has 1 atom stereocenters. The molecule has 108 valence electrons. The first-order valence-corrected chi connectivity index (χ1v) is 6.81. The number of hydrogen-bond donors (Lipinski definition) is 1. The van der Waals surface area contributed by atoms with Gasteiger partial charge in [0.1, 0.15) is 11.6 Å². The molecule has 0 saturated carbocycles. The first kappa shape index (κ1) is 15.9. The van der Waals surface area contributed by atoms with Gasteiger partial charge in [-0.15, -0.1) is 0 Å². The Hall–Kier alpha value is -1.13. The average Bonchev–Trinajstić information content (AvgIpc) is 2.34. The molecule has 0 spiro atoms. The van der Waals surface area contributed by atoms with Gasteiger partial charge in [0.2, 0.25) is 0 Å². The Bertz CT molecular complexity index is 371. The van der Waals surface area contributed by atoms with Crippen molar-refractivity contribution in [1.82, 2.24) is 5.32 Å². The number of methoxy groups -OCH3 is 1. The molecule has 0 heterocycles. The van der Waals surface area contributed by atoms with E-state index in [0.29, 0.717) is 18.9 Å². The van der Waals surface area contributed by atoms with Crippen LogP contribution in [0.5, 0.6) is 5.75 Å². The average molecular weight is 269 g/mol. The van der Waals surface area contributed by atoms with E-state index >= 15 is 0 Å². The van der Waals surface area contributed by atoms with Crippen LogP contribution < -0.4 is 10.1 Å². The van der Waals surface area contributed by atoms with Crippen molar-refractivity contribution in [3.8, 4) is 5.75 Å². The highest BCUT2D eigenvalue weighted by molar-refractivity contribution is 5.29. The fraction of sp³-hybridized carbons (Fsp3) is 0.600. The summed E-state index contributed by atoms with van der Waals surface area (Å²) in [5.41, 5.74) is 0.884. The zero-order valence-corrected chi connectivity index (χ0v) is 12.0. The van der Waals surface area contributed by atoms with E-state index in [1.807, 2.05) is 13.0 Å². The third-order valence-electron chi connectivity index (χ3n) is 2.78. The molecule has 19 heavy (non-hydrogen) atoms. The van der Waals surface area contributed by atoms with Crippen molar-refractivity contribution in [2.75, 3.05) is 20.3 Å². The Balaban J connectivity index is 2.55. The minimum Gasteiger partial charge on any atom is -0.491 e. The molecule has 4 heteroatoms. The molecule has 1 aromatic carbocycles. The lowest BCUT2D eigenvalue weighted by atomic mass is 10.2. The molecule has 1 aromatic rings. The quantitative estimate of drug-likeness (QED) is 0.699. The molecule has 1 N–H and O–H groups in total. The largest absolute Gasteiger partial charge is 0.491 e. The lowest BCUT2D eigenvalue weighted by Crippen LogP contribution is -2.18. The van der Waals surface area contributed by atoms with Crippen molar-refractivity contribution in [3.05, 3.63) is 29.6 Å². The highest BCUT2D eigenvalue weighted by Crippen LogP contribution is 2.19.